The number of ether oxygens (including phenoxy) is 1. The molecule has 0 heterocycles. The van der Waals surface area contributed by atoms with E-state index in [1.807, 2.05) is 0 Å². The largest absolute Gasteiger partial charge is 0.444 e. The number of rotatable bonds is 4. The van der Waals surface area contributed by atoms with E-state index in [9.17, 15) is 9.90 Å². The molecule has 22 heavy (non-hydrogen) atoms. The van der Waals surface area contributed by atoms with Crippen LogP contribution >= 0.6 is 23.2 Å². The number of carbonyl (C=O) groups excluding carboxylic acids is 1. The van der Waals surface area contributed by atoms with Crippen LogP contribution in [-0.2, 0) is 11.2 Å². The number of alkyl carbamates (subject to hydrolysis) is 1. The molecule has 0 aromatic heterocycles. The second-order valence-electron chi connectivity index (χ2n) is 5.81. The first kappa shape index (κ1) is 18.6. The lowest BCUT2D eigenvalue weighted by Gasteiger charge is -2.24. The molecule has 1 aromatic carbocycles. The molecule has 0 saturated carbocycles. The summed E-state index contributed by atoms with van der Waals surface area (Å²) in [5.74, 6) is 0. The maximum Gasteiger partial charge on any atom is 0.408 e. The Morgan fingerprint density at radius 3 is 2.36 bits per heavy atom. The highest BCUT2D eigenvalue weighted by Gasteiger charge is 2.25. The molecule has 0 spiro atoms. The highest BCUT2D eigenvalue weighted by Crippen LogP contribution is 2.20. The third-order valence-electron chi connectivity index (χ3n) is 2.59. The molecule has 1 aromatic rings. The summed E-state index contributed by atoms with van der Waals surface area (Å²) in [4.78, 5) is 11.8. The Morgan fingerprint density at radius 2 is 1.91 bits per heavy atom. The van der Waals surface area contributed by atoms with Crippen LogP contribution in [0.1, 0.15) is 26.3 Å². The number of carbonyl (C=O) groups is 1. The van der Waals surface area contributed by atoms with Gasteiger partial charge in [0, 0.05) is 10.0 Å². The molecule has 1 rings (SSSR count). The SMILES string of the molecule is CC(C)(C)OC(=O)N[C@@H](Cc1cc(Cl)cc(Cl)c1)C(O)C#N. The lowest BCUT2D eigenvalue weighted by atomic mass is 10.0. The first-order valence-electron chi connectivity index (χ1n) is 6.63. The molecule has 120 valence electrons. The van der Waals surface area contributed by atoms with E-state index in [2.05, 4.69) is 5.32 Å². The van der Waals surface area contributed by atoms with E-state index in [0.29, 0.717) is 15.6 Å². The molecule has 0 aliphatic heterocycles. The van der Waals surface area contributed by atoms with Crippen LogP contribution in [0, 0.1) is 11.3 Å². The fourth-order valence-electron chi connectivity index (χ4n) is 1.77. The van der Waals surface area contributed by atoms with Crippen LogP contribution in [0.5, 0.6) is 0 Å². The Bertz CT molecular complexity index is 559. The Kier molecular flexibility index (Phi) is 6.48. The van der Waals surface area contributed by atoms with Gasteiger partial charge in [-0.3, -0.25) is 0 Å². The van der Waals surface area contributed by atoms with Crippen molar-refractivity contribution >= 4 is 29.3 Å². The van der Waals surface area contributed by atoms with Gasteiger partial charge in [0.1, 0.15) is 5.60 Å². The zero-order valence-electron chi connectivity index (χ0n) is 12.6. The van der Waals surface area contributed by atoms with Crippen molar-refractivity contribution in [3.63, 3.8) is 0 Å². The number of nitrogens with one attached hydrogen (secondary N) is 1. The van der Waals surface area contributed by atoms with E-state index in [0.717, 1.165) is 0 Å². The Balaban J connectivity index is 2.85. The first-order chi connectivity index (χ1) is 10.1. The predicted molar refractivity (Wildman–Crippen MR) is 84.9 cm³/mol. The topological polar surface area (TPSA) is 82.3 Å². The second kappa shape index (κ2) is 7.68. The van der Waals surface area contributed by atoms with Crippen molar-refractivity contribution in [1.82, 2.24) is 5.32 Å². The number of nitrogens with zero attached hydrogens (tertiary/aromatic N) is 1. The molecule has 7 heteroatoms. The molecular formula is C15H18Cl2N2O3. The fourth-order valence-corrected chi connectivity index (χ4v) is 2.34. The molecular weight excluding hydrogens is 327 g/mol. The highest BCUT2D eigenvalue weighted by molar-refractivity contribution is 6.34. The molecule has 2 N–H and O–H groups in total. The van der Waals surface area contributed by atoms with E-state index in [-0.39, 0.29) is 6.42 Å². The minimum atomic E-state index is -1.38. The fraction of sp³-hybridized carbons (Fsp3) is 0.467. The van der Waals surface area contributed by atoms with Gasteiger partial charge < -0.3 is 15.2 Å². The normalized spacial score (nSPS) is 13.9. The number of nitriles is 1. The third-order valence-corrected chi connectivity index (χ3v) is 3.03. The number of aliphatic hydroxyl groups excluding tert-OH is 1. The highest BCUT2D eigenvalue weighted by atomic mass is 35.5. The van der Waals surface area contributed by atoms with Gasteiger partial charge in [-0.25, -0.2) is 4.79 Å². The summed E-state index contributed by atoms with van der Waals surface area (Å²) in [6.07, 6.45) is -1.90. The Morgan fingerprint density at radius 1 is 1.36 bits per heavy atom. The minimum absolute atomic E-state index is 0.189. The third kappa shape index (κ3) is 6.52. The van der Waals surface area contributed by atoms with Crippen LogP contribution in [0.3, 0.4) is 0 Å². The summed E-state index contributed by atoms with van der Waals surface area (Å²) in [6, 6.07) is 5.74. The number of aliphatic hydroxyl groups is 1. The number of hydrogen-bond acceptors (Lipinski definition) is 4. The van der Waals surface area contributed by atoms with Crippen molar-refractivity contribution < 1.29 is 14.6 Å². The maximum atomic E-state index is 11.8. The number of hydrogen-bond donors (Lipinski definition) is 2. The van der Waals surface area contributed by atoms with Gasteiger partial charge >= 0.3 is 6.09 Å². The van der Waals surface area contributed by atoms with Crippen LogP contribution in [0.2, 0.25) is 10.0 Å². The molecule has 0 aliphatic carbocycles. The number of amides is 1. The molecule has 2 atom stereocenters. The van der Waals surface area contributed by atoms with Crippen LogP contribution < -0.4 is 5.32 Å². The maximum absolute atomic E-state index is 11.8. The molecule has 0 aliphatic rings. The van der Waals surface area contributed by atoms with Crippen molar-refractivity contribution in [2.24, 2.45) is 0 Å². The first-order valence-corrected chi connectivity index (χ1v) is 7.38. The predicted octanol–water partition coefficient (Wildman–Crippen LogP) is 3.31. The monoisotopic (exact) mass is 344 g/mol. The van der Waals surface area contributed by atoms with E-state index >= 15 is 0 Å². The summed E-state index contributed by atoms with van der Waals surface area (Å²) >= 11 is 11.8. The average Bonchev–Trinajstić information content (AvgIpc) is 2.33. The molecule has 0 radical (unpaired) electrons. The molecule has 1 amide bonds. The summed E-state index contributed by atoms with van der Waals surface area (Å²) in [7, 11) is 0. The summed E-state index contributed by atoms with van der Waals surface area (Å²) < 4.78 is 5.13. The van der Waals surface area contributed by atoms with Crippen molar-refractivity contribution in [3.8, 4) is 6.07 Å². The van der Waals surface area contributed by atoms with Gasteiger partial charge in [-0.05, 0) is 51.0 Å². The van der Waals surface area contributed by atoms with Gasteiger partial charge in [0.15, 0.2) is 6.10 Å². The molecule has 0 fully saturated rings. The van der Waals surface area contributed by atoms with Crippen LogP contribution in [0.15, 0.2) is 18.2 Å². The van der Waals surface area contributed by atoms with Crippen molar-refractivity contribution in [2.75, 3.05) is 0 Å². The zero-order valence-corrected chi connectivity index (χ0v) is 14.1. The molecule has 1 unspecified atom stereocenters. The van der Waals surface area contributed by atoms with E-state index in [1.54, 1.807) is 45.0 Å². The van der Waals surface area contributed by atoms with Crippen molar-refractivity contribution in [1.29, 1.82) is 5.26 Å². The summed E-state index contributed by atoms with van der Waals surface area (Å²) in [5, 5.41) is 22.0. The Labute approximate surface area is 139 Å². The van der Waals surface area contributed by atoms with E-state index < -0.39 is 23.8 Å². The van der Waals surface area contributed by atoms with Gasteiger partial charge in [-0.1, -0.05) is 23.2 Å². The lowest BCUT2D eigenvalue weighted by Crippen LogP contribution is -2.46. The molecule has 5 nitrogen and oxygen atoms in total. The lowest BCUT2D eigenvalue weighted by molar-refractivity contribution is 0.0459. The number of benzene rings is 1. The van der Waals surface area contributed by atoms with Gasteiger partial charge in [0.25, 0.3) is 0 Å². The minimum Gasteiger partial charge on any atom is -0.444 e. The number of halogens is 2. The Hall–Kier alpha value is -1.48. The molecule has 0 saturated heterocycles. The van der Waals surface area contributed by atoms with Gasteiger partial charge in [0.05, 0.1) is 12.1 Å². The van der Waals surface area contributed by atoms with Crippen LogP contribution in [-0.4, -0.2) is 28.9 Å². The van der Waals surface area contributed by atoms with Gasteiger partial charge in [0.2, 0.25) is 0 Å². The molecule has 0 bridgehead atoms. The smallest absolute Gasteiger partial charge is 0.408 e. The standard InChI is InChI=1S/C15H18Cl2N2O3/c1-15(2,3)22-14(21)19-12(13(20)8-18)6-9-4-10(16)7-11(17)5-9/h4-5,7,12-13,20H,6H2,1-3H3,(H,19,21)/t12-,13?/m0/s1. The van der Waals surface area contributed by atoms with Gasteiger partial charge in [-0.15, -0.1) is 0 Å². The van der Waals surface area contributed by atoms with Gasteiger partial charge in [-0.2, -0.15) is 5.26 Å². The van der Waals surface area contributed by atoms with E-state index in [1.165, 1.54) is 0 Å². The summed E-state index contributed by atoms with van der Waals surface area (Å²) in [5.41, 5.74) is 0.0128. The van der Waals surface area contributed by atoms with Crippen molar-refractivity contribution in [3.05, 3.63) is 33.8 Å². The second-order valence-corrected chi connectivity index (χ2v) is 6.68. The zero-order chi connectivity index (χ0) is 16.9. The summed E-state index contributed by atoms with van der Waals surface area (Å²) in [6.45, 7) is 5.16. The quantitative estimate of drug-likeness (QED) is 0.820. The van der Waals surface area contributed by atoms with Crippen LogP contribution in [0.25, 0.3) is 0 Å². The van der Waals surface area contributed by atoms with E-state index in [4.69, 9.17) is 33.2 Å². The average molecular weight is 345 g/mol. The van der Waals surface area contributed by atoms with Crippen LogP contribution in [0.4, 0.5) is 4.79 Å². The van der Waals surface area contributed by atoms with Crippen molar-refractivity contribution in [2.45, 2.75) is 44.9 Å².